The lowest BCUT2D eigenvalue weighted by atomic mass is 10.0. The van der Waals surface area contributed by atoms with Gasteiger partial charge in [0.1, 0.15) is 0 Å². The van der Waals surface area contributed by atoms with E-state index in [4.69, 9.17) is 0 Å². The largest absolute Gasteiger partial charge is 0.339 e. The highest BCUT2D eigenvalue weighted by molar-refractivity contribution is 7.15. The van der Waals surface area contributed by atoms with Gasteiger partial charge in [0.2, 0.25) is 22.7 Å². The molecule has 4 rings (SSSR count). The molecule has 1 aromatic carbocycles. The molecule has 1 saturated heterocycles. The molecular formula is C20H23N5O2S. The number of hydrogen-bond acceptors (Lipinski definition) is 5. The standard InChI is InChI=1S/C20H23N5O2S/c1-11(2)24-9-14(8-17(24)26)18(27)21-19-22-20-25(23-19)16(10-28-20)15-6-5-12(3)7-13(15)4/h5-7,10-11,14H,8-9H2,1-4H3,(H,21,23,27). The number of likely N-dealkylation sites (tertiary alicyclic amines) is 1. The lowest BCUT2D eigenvalue weighted by Crippen LogP contribution is -2.33. The number of amides is 2. The van der Waals surface area contributed by atoms with Crippen LogP contribution in [0.5, 0.6) is 0 Å². The number of carbonyl (C=O) groups is 2. The lowest BCUT2D eigenvalue weighted by molar-refractivity contribution is -0.129. The number of nitrogens with one attached hydrogen (secondary N) is 1. The van der Waals surface area contributed by atoms with E-state index in [2.05, 4.69) is 47.4 Å². The van der Waals surface area contributed by atoms with E-state index >= 15 is 0 Å². The van der Waals surface area contributed by atoms with Crippen LogP contribution >= 0.6 is 11.3 Å². The van der Waals surface area contributed by atoms with Crippen molar-refractivity contribution in [1.82, 2.24) is 19.5 Å². The Balaban J connectivity index is 1.55. The zero-order valence-corrected chi connectivity index (χ0v) is 17.2. The summed E-state index contributed by atoms with van der Waals surface area (Å²) in [5.41, 5.74) is 4.42. The fraction of sp³-hybridized carbons (Fsp3) is 0.400. The molecule has 0 spiro atoms. The third-order valence-electron chi connectivity index (χ3n) is 5.13. The van der Waals surface area contributed by atoms with Gasteiger partial charge in [-0.25, -0.2) is 4.52 Å². The molecule has 1 atom stereocenters. The van der Waals surface area contributed by atoms with Crippen molar-refractivity contribution in [3.05, 3.63) is 34.7 Å². The fourth-order valence-electron chi connectivity index (χ4n) is 3.64. The minimum atomic E-state index is -0.366. The summed E-state index contributed by atoms with van der Waals surface area (Å²) in [6.07, 6.45) is 0.236. The van der Waals surface area contributed by atoms with Gasteiger partial charge in [0.15, 0.2) is 0 Å². The van der Waals surface area contributed by atoms with E-state index in [1.165, 1.54) is 22.5 Å². The van der Waals surface area contributed by atoms with E-state index < -0.39 is 0 Å². The van der Waals surface area contributed by atoms with Crippen LogP contribution in [0.3, 0.4) is 0 Å². The van der Waals surface area contributed by atoms with Crippen molar-refractivity contribution in [2.75, 3.05) is 11.9 Å². The van der Waals surface area contributed by atoms with Crippen LogP contribution in [0, 0.1) is 19.8 Å². The maximum absolute atomic E-state index is 12.6. The summed E-state index contributed by atoms with van der Waals surface area (Å²) < 4.78 is 1.76. The van der Waals surface area contributed by atoms with E-state index in [-0.39, 0.29) is 36.1 Å². The molecule has 28 heavy (non-hydrogen) atoms. The van der Waals surface area contributed by atoms with Gasteiger partial charge in [-0.05, 0) is 33.3 Å². The van der Waals surface area contributed by atoms with Gasteiger partial charge in [-0.2, -0.15) is 4.98 Å². The minimum absolute atomic E-state index is 0.0195. The number of hydrogen-bond donors (Lipinski definition) is 1. The van der Waals surface area contributed by atoms with Crippen molar-refractivity contribution in [3.63, 3.8) is 0 Å². The quantitative estimate of drug-likeness (QED) is 0.733. The van der Waals surface area contributed by atoms with Gasteiger partial charge in [0, 0.05) is 30.0 Å². The zero-order valence-electron chi connectivity index (χ0n) is 16.4. The van der Waals surface area contributed by atoms with Crippen LogP contribution in [0.15, 0.2) is 23.6 Å². The fourth-order valence-corrected chi connectivity index (χ4v) is 4.46. The molecule has 2 amide bonds. The van der Waals surface area contributed by atoms with Gasteiger partial charge in [-0.3, -0.25) is 14.9 Å². The highest BCUT2D eigenvalue weighted by atomic mass is 32.1. The van der Waals surface area contributed by atoms with Crippen LogP contribution in [0.1, 0.15) is 31.4 Å². The second-order valence-corrected chi connectivity index (χ2v) is 8.44. The molecule has 1 N–H and O–H groups in total. The molecule has 7 nitrogen and oxygen atoms in total. The zero-order chi connectivity index (χ0) is 20.0. The second kappa shape index (κ2) is 7.01. The molecule has 0 aliphatic carbocycles. The molecule has 8 heteroatoms. The number of thiazole rings is 1. The number of fused-ring (bicyclic) bond motifs is 1. The van der Waals surface area contributed by atoms with E-state index in [1.54, 1.807) is 9.42 Å². The topological polar surface area (TPSA) is 79.6 Å². The molecule has 3 heterocycles. The maximum Gasteiger partial charge on any atom is 0.250 e. The molecule has 0 bridgehead atoms. The molecule has 0 radical (unpaired) electrons. The van der Waals surface area contributed by atoms with Gasteiger partial charge in [-0.1, -0.05) is 23.8 Å². The average molecular weight is 398 g/mol. The van der Waals surface area contributed by atoms with Crippen LogP contribution in [0.25, 0.3) is 16.2 Å². The van der Waals surface area contributed by atoms with E-state index in [9.17, 15) is 9.59 Å². The first kappa shape index (κ1) is 18.6. The first-order chi connectivity index (χ1) is 13.3. The Morgan fingerprint density at radius 3 is 2.79 bits per heavy atom. The van der Waals surface area contributed by atoms with Crippen LogP contribution in [0.2, 0.25) is 0 Å². The number of nitrogens with zero attached hydrogens (tertiary/aromatic N) is 4. The van der Waals surface area contributed by atoms with Crippen LogP contribution < -0.4 is 5.32 Å². The average Bonchev–Trinajstić information content (AvgIpc) is 3.29. The molecule has 1 aliphatic rings. The number of benzene rings is 1. The summed E-state index contributed by atoms with van der Waals surface area (Å²) in [4.78, 5) is 31.5. The van der Waals surface area contributed by atoms with Crippen molar-refractivity contribution in [2.45, 2.75) is 40.2 Å². The molecule has 3 aromatic rings. The Morgan fingerprint density at radius 2 is 2.11 bits per heavy atom. The van der Waals surface area contributed by atoms with E-state index in [0.717, 1.165) is 16.2 Å². The normalized spacial score (nSPS) is 17.1. The Labute approximate surface area is 167 Å². The Kier molecular flexibility index (Phi) is 4.66. The Morgan fingerprint density at radius 1 is 1.32 bits per heavy atom. The summed E-state index contributed by atoms with van der Waals surface area (Å²) in [6.45, 7) is 8.49. The number of carbonyl (C=O) groups excluding carboxylic acids is 2. The highest BCUT2D eigenvalue weighted by Gasteiger charge is 2.35. The Hall–Kier alpha value is -2.74. The van der Waals surface area contributed by atoms with Crippen molar-refractivity contribution < 1.29 is 9.59 Å². The monoisotopic (exact) mass is 397 g/mol. The number of rotatable bonds is 4. The highest BCUT2D eigenvalue weighted by Crippen LogP contribution is 2.29. The third-order valence-corrected chi connectivity index (χ3v) is 5.94. The van der Waals surface area contributed by atoms with Gasteiger partial charge in [0.05, 0.1) is 11.6 Å². The summed E-state index contributed by atoms with van der Waals surface area (Å²) in [5.74, 6) is -0.276. The number of aromatic nitrogens is 3. The van der Waals surface area contributed by atoms with Crippen LogP contribution in [-0.2, 0) is 9.59 Å². The van der Waals surface area contributed by atoms with E-state index in [0.29, 0.717) is 6.54 Å². The molecule has 1 fully saturated rings. The number of anilines is 1. The van der Waals surface area contributed by atoms with Gasteiger partial charge in [0.25, 0.3) is 0 Å². The molecule has 146 valence electrons. The second-order valence-electron chi connectivity index (χ2n) is 7.60. The van der Waals surface area contributed by atoms with Gasteiger partial charge < -0.3 is 4.90 Å². The van der Waals surface area contributed by atoms with Crippen LogP contribution in [0.4, 0.5) is 5.95 Å². The maximum atomic E-state index is 12.6. The van der Waals surface area contributed by atoms with Crippen molar-refractivity contribution in [2.24, 2.45) is 5.92 Å². The minimum Gasteiger partial charge on any atom is -0.339 e. The third kappa shape index (κ3) is 3.28. The molecular weight excluding hydrogens is 374 g/mol. The first-order valence-electron chi connectivity index (χ1n) is 9.35. The van der Waals surface area contributed by atoms with Gasteiger partial charge in [-0.15, -0.1) is 16.4 Å². The summed E-state index contributed by atoms with van der Waals surface area (Å²) in [7, 11) is 0. The molecule has 1 aliphatic heterocycles. The van der Waals surface area contributed by atoms with Crippen molar-refractivity contribution >= 4 is 34.1 Å². The summed E-state index contributed by atoms with van der Waals surface area (Å²) in [5, 5.41) is 9.29. The summed E-state index contributed by atoms with van der Waals surface area (Å²) >= 11 is 1.48. The van der Waals surface area contributed by atoms with E-state index in [1.807, 2.05) is 19.2 Å². The van der Waals surface area contributed by atoms with Crippen molar-refractivity contribution in [3.8, 4) is 11.3 Å². The predicted octanol–water partition coefficient (Wildman–Crippen LogP) is 3.27. The lowest BCUT2D eigenvalue weighted by Gasteiger charge is -2.20. The van der Waals surface area contributed by atoms with Gasteiger partial charge >= 0.3 is 0 Å². The first-order valence-corrected chi connectivity index (χ1v) is 10.2. The smallest absolute Gasteiger partial charge is 0.250 e. The van der Waals surface area contributed by atoms with Crippen molar-refractivity contribution in [1.29, 1.82) is 0 Å². The summed E-state index contributed by atoms with van der Waals surface area (Å²) in [6, 6.07) is 6.39. The number of aryl methyl sites for hydroxylation is 2. The SMILES string of the molecule is Cc1ccc(-c2csc3nc(NC(=O)C4CC(=O)N(C(C)C)C4)nn23)c(C)c1. The Bertz CT molecular complexity index is 1070. The van der Waals surface area contributed by atoms with Crippen LogP contribution in [-0.4, -0.2) is 43.9 Å². The predicted molar refractivity (Wildman–Crippen MR) is 109 cm³/mol. The molecule has 1 unspecified atom stereocenters. The molecule has 0 saturated carbocycles. The molecule has 2 aromatic heterocycles.